The quantitative estimate of drug-likeness (QED) is 0.0727. The molecule has 340 valence electrons. The molecule has 1 amide bonds. The summed E-state index contributed by atoms with van der Waals surface area (Å²) in [4.78, 5) is 81.0. The zero-order valence-corrected chi connectivity index (χ0v) is 35.6. The highest BCUT2D eigenvalue weighted by molar-refractivity contribution is 5.92. The largest absolute Gasteiger partial charge is 0.480 e. The minimum atomic E-state index is -1.82. The van der Waals surface area contributed by atoms with Gasteiger partial charge in [-0.3, -0.25) is 0 Å². The first-order valence-electron chi connectivity index (χ1n) is 21.3. The molecule has 0 saturated carbocycles. The minimum Gasteiger partial charge on any atom is -0.480 e. The van der Waals surface area contributed by atoms with Gasteiger partial charge in [-0.05, 0) is 70.8 Å². The molecule has 1 aliphatic carbocycles. The lowest BCUT2D eigenvalue weighted by Gasteiger charge is -2.44. The second kappa shape index (κ2) is 21.2. The third-order valence-electron chi connectivity index (χ3n) is 11.1. The number of alkyl carbamates (subject to hydrolysis) is 1. The smallest absolute Gasteiger partial charge is 0.407 e. The molecule has 1 heterocycles. The number of fused-ring (bicyclic) bond motifs is 3. The fourth-order valence-electron chi connectivity index (χ4n) is 7.81. The maximum atomic E-state index is 13.9. The number of carboxylic acids is 1. The van der Waals surface area contributed by atoms with E-state index in [1.807, 2.05) is 48.5 Å². The Morgan fingerprint density at radius 1 is 0.493 bits per heavy atom. The molecular formula is C52H43NO14. The first-order chi connectivity index (χ1) is 32.6. The maximum Gasteiger partial charge on any atom is 0.407 e. The number of carbonyl (C=O) groups excluding carboxylic acids is 5. The summed E-state index contributed by atoms with van der Waals surface area (Å²) in [6.45, 7) is -1.58. The highest BCUT2D eigenvalue weighted by Gasteiger charge is 2.54. The van der Waals surface area contributed by atoms with Gasteiger partial charge in [0.25, 0.3) is 0 Å². The van der Waals surface area contributed by atoms with Gasteiger partial charge in [0.15, 0.2) is 30.6 Å². The Balaban J connectivity index is 1.09. The lowest BCUT2D eigenvalue weighted by Crippen LogP contribution is -2.63. The van der Waals surface area contributed by atoms with Crippen LogP contribution < -0.4 is 5.32 Å². The molecule has 0 unspecified atom stereocenters. The van der Waals surface area contributed by atoms with E-state index in [2.05, 4.69) is 5.32 Å². The Bertz CT molecular complexity index is 2650. The molecule has 2 aliphatic rings. The van der Waals surface area contributed by atoms with Crippen LogP contribution >= 0.6 is 0 Å². The van der Waals surface area contributed by atoms with Crippen molar-refractivity contribution in [3.05, 3.63) is 203 Å². The summed E-state index contributed by atoms with van der Waals surface area (Å²) >= 11 is 0. The van der Waals surface area contributed by atoms with E-state index in [0.29, 0.717) is 0 Å². The molecular weight excluding hydrogens is 863 g/mol. The van der Waals surface area contributed by atoms with Crippen molar-refractivity contribution >= 4 is 35.9 Å². The van der Waals surface area contributed by atoms with Gasteiger partial charge >= 0.3 is 35.9 Å². The van der Waals surface area contributed by atoms with Gasteiger partial charge in [0, 0.05) is 5.92 Å². The molecule has 6 aromatic rings. The van der Waals surface area contributed by atoms with Gasteiger partial charge in [0.2, 0.25) is 0 Å². The van der Waals surface area contributed by atoms with Crippen LogP contribution in [0.1, 0.15) is 58.5 Å². The highest BCUT2D eigenvalue weighted by Crippen LogP contribution is 2.44. The van der Waals surface area contributed by atoms with Crippen molar-refractivity contribution < 1.29 is 67.0 Å². The fourth-order valence-corrected chi connectivity index (χ4v) is 7.81. The number of carboxylic acid groups (broad SMARTS) is 1. The van der Waals surface area contributed by atoms with Crippen LogP contribution in [-0.4, -0.2) is 97.6 Å². The molecule has 0 radical (unpaired) electrons. The number of rotatable bonds is 16. The first-order valence-corrected chi connectivity index (χ1v) is 21.3. The molecule has 0 bridgehead atoms. The van der Waals surface area contributed by atoms with Crippen LogP contribution in [0, 0.1) is 0 Å². The lowest BCUT2D eigenvalue weighted by molar-refractivity contribution is -0.299. The predicted octanol–water partition coefficient (Wildman–Crippen LogP) is 7.25. The summed E-state index contributed by atoms with van der Waals surface area (Å²) in [5.74, 6) is -5.42. The molecule has 1 fully saturated rings. The third-order valence-corrected chi connectivity index (χ3v) is 11.1. The molecule has 6 atom stereocenters. The van der Waals surface area contributed by atoms with Crippen molar-refractivity contribution in [1.82, 2.24) is 5.32 Å². The topological polar surface area (TPSA) is 199 Å². The normalized spacial score (nSPS) is 18.8. The number of hydrogen-bond donors (Lipinski definition) is 2. The van der Waals surface area contributed by atoms with Gasteiger partial charge in [0.05, 0.1) is 28.9 Å². The average molecular weight is 906 g/mol. The molecule has 1 saturated heterocycles. The van der Waals surface area contributed by atoms with E-state index in [4.69, 9.17) is 33.2 Å². The molecule has 15 heteroatoms. The van der Waals surface area contributed by atoms with Crippen molar-refractivity contribution in [1.29, 1.82) is 0 Å². The van der Waals surface area contributed by atoms with Gasteiger partial charge in [-0.25, -0.2) is 28.8 Å². The van der Waals surface area contributed by atoms with Crippen molar-refractivity contribution in [3.8, 4) is 11.1 Å². The molecule has 0 spiro atoms. The maximum absolute atomic E-state index is 13.9. The fraction of sp³-hybridized carbons (Fsp3) is 0.192. The highest BCUT2D eigenvalue weighted by atomic mass is 16.7. The van der Waals surface area contributed by atoms with Crippen LogP contribution in [0.2, 0.25) is 0 Å². The van der Waals surface area contributed by atoms with Crippen molar-refractivity contribution in [2.75, 3.05) is 19.8 Å². The summed E-state index contributed by atoms with van der Waals surface area (Å²) in [6, 6.07) is 45.1. The van der Waals surface area contributed by atoms with Crippen molar-refractivity contribution in [2.24, 2.45) is 0 Å². The Morgan fingerprint density at radius 2 is 0.910 bits per heavy atom. The van der Waals surface area contributed by atoms with Crippen molar-refractivity contribution in [3.63, 3.8) is 0 Å². The van der Waals surface area contributed by atoms with E-state index in [0.717, 1.165) is 22.3 Å². The first kappa shape index (κ1) is 45.4. The Morgan fingerprint density at radius 3 is 1.39 bits per heavy atom. The number of amides is 1. The minimum absolute atomic E-state index is 0.0615. The zero-order valence-electron chi connectivity index (χ0n) is 35.6. The van der Waals surface area contributed by atoms with Crippen LogP contribution in [0.3, 0.4) is 0 Å². The second-order valence-electron chi connectivity index (χ2n) is 15.4. The summed E-state index contributed by atoms with van der Waals surface area (Å²) in [6.07, 6.45) is -9.61. The van der Waals surface area contributed by atoms with Gasteiger partial charge in [-0.2, -0.15) is 0 Å². The van der Waals surface area contributed by atoms with Gasteiger partial charge in [0.1, 0.15) is 19.3 Å². The van der Waals surface area contributed by atoms with E-state index in [1.165, 1.54) is 48.5 Å². The molecule has 1 aliphatic heterocycles. The monoisotopic (exact) mass is 905 g/mol. The number of ether oxygens (including phenoxy) is 7. The average Bonchev–Trinajstić information content (AvgIpc) is 3.69. The molecule has 15 nitrogen and oxygen atoms in total. The predicted molar refractivity (Wildman–Crippen MR) is 238 cm³/mol. The summed E-state index contributed by atoms with van der Waals surface area (Å²) in [7, 11) is 0. The Hall–Kier alpha value is -8.14. The van der Waals surface area contributed by atoms with Crippen molar-refractivity contribution in [2.45, 2.75) is 42.7 Å². The van der Waals surface area contributed by atoms with Crippen LogP contribution in [0.4, 0.5) is 4.79 Å². The number of carbonyl (C=O) groups is 6. The number of benzene rings is 6. The molecule has 2 N–H and O–H groups in total. The van der Waals surface area contributed by atoms with Crippen LogP contribution in [-0.2, 0) is 38.0 Å². The van der Waals surface area contributed by atoms with Gasteiger partial charge in [-0.15, -0.1) is 0 Å². The third kappa shape index (κ3) is 10.9. The second-order valence-corrected chi connectivity index (χ2v) is 15.4. The SMILES string of the molecule is O=C(N[C@@H](CO[C@@H]1O[C@H](COC(=O)c2ccccc2)[C@H](OC(=O)c2ccccc2)[C@H](OC(=O)c2ccccc2)[C@H]1OC(=O)c1ccccc1)C(=O)O)OCC1c2ccccc2-c2ccccc21. The standard InChI is InChI=1S/C52H43NO14/c54-46(55)41(53-52(60)63-29-40-38-27-15-13-25-36(38)37-26-14-16-28-39(37)40)30-62-51-45(67-50(59)35-23-11-4-12-24-35)44(66-49(58)34-21-9-3-10-22-34)43(65-48(57)33-19-7-2-8-20-33)42(64-51)31-61-47(56)32-17-5-1-6-18-32/h1-28,40-45,51H,29-31H2,(H,53,60)(H,54,55)/t41-,42+,43-,44-,45+,51+/m0/s1. The van der Waals surface area contributed by atoms with E-state index < -0.39 is 85.9 Å². The Labute approximate surface area is 384 Å². The molecule has 6 aromatic carbocycles. The summed E-state index contributed by atoms with van der Waals surface area (Å²) in [5, 5.41) is 12.7. The summed E-state index contributed by atoms with van der Waals surface area (Å²) < 4.78 is 41.8. The van der Waals surface area contributed by atoms with E-state index >= 15 is 0 Å². The number of aliphatic carboxylic acids is 1. The molecule has 0 aromatic heterocycles. The Kier molecular flexibility index (Phi) is 14.4. The summed E-state index contributed by atoms with van der Waals surface area (Å²) in [5.41, 5.74) is 4.28. The molecule has 67 heavy (non-hydrogen) atoms. The zero-order chi connectivity index (χ0) is 46.7. The lowest BCUT2D eigenvalue weighted by atomic mass is 9.97. The van der Waals surface area contributed by atoms with Crippen LogP contribution in [0.15, 0.2) is 170 Å². The van der Waals surface area contributed by atoms with Crippen LogP contribution in [0.25, 0.3) is 11.1 Å². The van der Waals surface area contributed by atoms with E-state index in [-0.39, 0.29) is 34.8 Å². The number of esters is 4. The number of nitrogens with one attached hydrogen (secondary N) is 1. The van der Waals surface area contributed by atoms with Gasteiger partial charge < -0.3 is 43.6 Å². The van der Waals surface area contributed by atoms with E-state index in [9.17, 15) is 33.9 Å². The number of hydrogen-bond acceptors (Lipinski definition) is 13. The molecule has 8 rings (SSSR count). The van der Waals surface area contributed by atoms with Crippen LogP contribution in [0.5, 0.6) is 0 Å². The van der Waals surface area contributed by atoms with E-state index in [1.54, 1.807) is 72.8 Å². The van der Waals surface area contributed by atoms with Gasteiger partial charge in [-0.1, -0.05) is 121 Å².